The molecule has 1 aromatic rings. The highest BCUT2D eigenvalue weighted by atomic mass is 32.2. The highest BCUT2D eigenvalue weighted by molar-refractivity contribution is 8.26. The van der Waals surface area contributed by atoms with Crippen LogP contribution in [0.25, 0.3) is 6.08 Å². The molecular formula is C13H11NO5S2. The van der Waals surface area contributed by atoms with Gasteiger partial charge in [-0.25, -0.2) is 0 Å². The number of aliphatic carboxylic acids is 1. The average molecular weight is 325 g/mol. The van der Waals surface area contributed by atoms with Crippen LogP contribution < -0.4 is 4.74 Å². The number of rotatable bonds is 4. The minimum Gasteiger partial charge on any atom is -0.507 e. The summed E-state index contributed by atoms with van der Waals surface area (Å²) in [6, 6.07) is 4.60. The van der Waals surface area contributed by atoms with Crippen LogP contribution in [-0.4, -0.2) is 45.0 Å². The van der Waals surface area contributed by atoms with Crippen LogP contribution in [0.3, 0.4) is 0 Å². The van der Waals surface area contributed by atoms with Crippen LogP contribution in [0.4, 0.5) is 0 Å². The molecule has 1 heterocycles. The molecule has 1 aliphatic heterocycles. The van der Waals surface area contributed by atoms with E-state index < -0.39 is 18.4 Å². The first-order valence-corrected chi connectivity index (χ1v) is 6.99. The molecule has 2 rings (SSSR count). The molecule has 0 saturated carbocycles. The van der Waals surface area contributed by atoms with Gasteiger partial charge in [0.15, 0.2) is 0 Å². The van der Waals surface area contributed by atoms with Crippen molar-refractivity contribution in [2.45, 2.75) is 0 Å². The fourth-order valence-electron chi connectivity index (χ4n) is 1.69. The Morgan fingerprint density at radius 2 is 2.24 bits per heavy atom. The summed E-state index contributed by atoms with van der Waals surface area (Å²) >= 11 is 5.98. The number of hydrogen-bond donors (Lipinski definition) is 2. The van der Waals surface area contributed by atoms with Crippen molar-refractivity contribution in [1.29, 1.82) is 0 Å². The molecule has 110 valence electrons. The molecule has 0 unspecified atom stereocenters. The molecule has 0 aliphatic carbocycles. The molecule has 0 atom stereocenters. The normalized spacial score (nSPS) is 16.6. The number of ether oxygens (including phenoxy) is 1. The number of thioether (sulfide) groups is 1. The maximum atomic E-state index is 12.1. The molecule has 0 radical (unpaired) electrons. The van der Waals surface area contributed by atoms with Crippen molar-refractivity contribution in [1.82, 2.24) is 4.90 Å². The summed E-state index contributed by atoms with van der Waals surface area (Å²) in [6.07, 6.45) is 1.46. The molecule has 2 N–H and O–H groups in total. The molecule has 21 heavy (non-hydrogen) atoms. The zero-order valence-corrected chi connectivity index (χ0v) is 12.5. The summed E-state index contributed by atoms with van der Waals surface area (Å²) in [5.74, 6) is -1.12. The number of phenolic OH excluding ortho intramolecular Hbond substituents is 1. The van der Waals surface area contributed by atoms with E-state index in [4.69, 9.17) is 22.1 Å². The first kappa shape index (κ1) is 15.3. The molecule has 1 aliphatic rings. The third kappa shape index (κ3) is 3.34. The van der Waals surface area contributed by atoms with Gasteiger partial charge in [0.2, 0.25) is 0 Å². The molecule has 6 nitrogen and oxygen atoms in total. The second kappa shape index (κ2) is 6.15. The molecule has 1 saturated heterocycles. The molecule has 0 bridgehead atoms. The Bertz CT molecular complexity index is 656. The predicted octanol–water partition coefficient (Wildman–Crippen LogP) is 1.69. The van der Waals surface area contributed by atoms with Crippen LogP contribution in [-0.2, 0) is 9.59 Å². The summed E-state index contributed by atoms with van der Waals surface area (Å²) in [5.41, 5.74) is 0.394. The van der Waals surface area contributed by atoms with E-state index in [2.05, 4.69) is 0 Å². The lowest BCUT2D eigenvalue weighted by atomic mass is 10.1. The number of carboxylic acid groups (broad SMARTS) is 1. The quantitative estimate of drug-likeness (QED) is 0.643. The van der Waals surface area contributed by atoms with Crippen LogP contribution in [0.5, 0.6) is 11.5 Å². The number of phenols is 1. The first-order valence-electron chi connectivity index (χ1n) is 5.76. The van der Waals surface area contributed by atoms with Gasteiger partial charge in [0.1, 0.15) is 22.4 Å². The fraction of sp³-hybridized carbons (Fsp3) is 0.154. The molecule has 1 fully saturated rings. The number of carbonyl (C=O) groups excluding carboxylic acids is 1. The number of thiocarbonyl (C=S) groups is 1. The number of nitrogens with zero attached hydrogens (tertiary/aromatic N) is 1. The summed E-state index contributed by atoms with van der Waals surface area (Å²) in [7, 11) is 1.49. The monoisotopic (exact) mass is 325 g/mol. The Morgan fingerprint density at radius 3 is 2.86 bits per heavy atom. The first-order chi connectivity index (χ1) is 9.92. The maximum absolute atomic E-state index is 12.1. The third-order valence-electron chi connectivity index (χ3n) is 2.69. The van der Waals surface area contributed by atoms with Gasteiger partial charge in [0, 0.05) is 5.56 Å². The van der Waals surface area contributed by atoms with Gasteiger partial charge in [-0.1, -0.05) is 24.0 Å². The lowest BCUT2D eigenvalue weighted by Gasteiger charge is -2.10. The van der Waals surface area contributed by atoms with Crippen molar-refractivity contribution < 1.29 is 24.5 Å². The second-order valence-electron chi connectivity index (χ2n) is 4.09. The highest BCUT2D eigenvalue weighted by Crippen LogP contribution is 2.34. The van der Waals surface area contributed by atoms with E-state index >= 15 is 0 Å². The van der Waals surface area contributed by atoms with Crippen molar-refractivity contribution in [3.05, 3.63) is 28.7 Å². The molecule has 1 aromatic carbocycles. The van der Waals surface area contributed by atoms with Crippen LogP contribution in [0, 0.1) is 0 Å². The number of aromatic hydroxyl groups is 1. The topological polar surface area (TPSA) is 87.1 Å². The standard InChI is InChI=1S/C13H11NO5S2/c1-19-8-2-3-9(15)7(4-8)5-10-12(18)14(6-11(16)17)13(20)21-10/h2-5,15H,6H2,1H3,(H,16,17)/b10-5+. The summed E-state index contributed by atoms with van der Waals surface area (Å²) in [6.45, 7) is -0.480. The minimum absolute atomic E-state index is 0.0145. The smallest absolute Gasteiger partial charge is 0.323 e. The highest BCUT2D eigenvalue weighted by Gasteiger charge is 2.33. The van der Waals surface area contributed by atoms with E-state index in [1.165, 1.54) is 19.3 Å². The SMILES string of the molecule is COc1ccc(O)c(/C=C2/SC(=S)N(CC(=O)O)C2=O)c1. The second-order valence-corrected chi connectivity index (χ2v) is 5.76. The van der Waals surface area contributed by atoms with Crippen molar-refractivity contribution in [2.75, 3.05) is 13.7 Å². The lowest BCUT2D eigenvalue weighted by molar-refractivity contribution is -0.140. The third-order valence-corrected chi connectivity index (χ3v) is 4.07. The number of benzene rings is 1. The predicted molar refractivity (Wildman–Crippen MR) is 82.2 cm³/mol. The van der Waals surface area contributed by atoms with Gasteiger partial charge < -0.3 is 14.9 Å². The Labute approximate surface area is 130 Å². The van der Waals surface area contributed by atoms with Gasteiger partial charge in [-0.15, -0.1) is 0 Å². The summed E-state index contributed by atoms with van der Waals surface area (Å²) in [5, 5.41) is 18.6. The van der Waals surface area contributed by atoms with Crippen molar-refractivity contribution in [2.24, 2.45) is 0 Å². The molecule has 0 spiro atoms. The van der Waals surface area contributed by atoms with Crippen molar-refractivity contribution in [3.63, 3.8) is 0 Å². The molecular weight excluding hydrogens is 314 g/mol. The zero-order valence-electron chi connectivity index (χ0n) is 10.9. The number of carboxylic acids is 1. The lowest BCUT2D eigenvalue weighted by Crippen LogP contribution is -2.33. The Kier molecular flexibility index (Phi) is 4.49. The average Bonchev–Trinajstić information content (AvgIpc) is 2.68. The van der Waals surface area contributed by atoms with Gasteiger partial charge in [-0.2, -0.15) is 0 Å². The van der Waals surface area contributed by atoms with Crippen molar-refractivity contribution >= 4 is 46.3 Å². The maximum Gasteiger partial charge on any atom is 0.323 e. The van der Waals surface area contributed by atoms with E-state index in [0.29, 0.717) is 11.3 Å². The fourth-order valence-corrected chi connectivity index (χ4v) is 2.93. The largest absolute Gasteiger partial charge is 0.507 e. The Morgan fingerprint density at radius 1 is 1.52 bits per heavy atom. The minimum atomic E-state index is -1.14. The summed E-state index contributed by atoms with van der Waals surface area (Å²) < 4.78 is 5.23. The van der Waals surface area contributed by atoms with E-state index in [9.17, 15) is 14.7 Å². The van der Waals surface area contributed by atoms with E-state index in [0.717, 1.165) is 16.7 Å². The van der Waals surface area contributed by atoms with E-state index in [-0.39, 0.29) is 15.0 Å². The molecule has 0 aromatic heterocycles. The Hall–Kier alpha value is -2.06. The van der Waals surface area contributed by atoms with Gasteiger partial charge in [-0.3, -0.25) is 14.5 Å². The van der Waals surface area contributed by atoms with Gasteiger partial charge in [-0.05, 0) is 24.3 Å². The number of carbonyl (C=O) groups is 2. The van der Waals surface area contributed by atoms with Gasteiger partial charge in [0.05, 0.1) is 12.0 Å². The van der Waals surface area contributed by atoms with Crippen LogP contribution in [0.15, 0.2) is 23.1 Å². The molecule has 8 heteroatoms. The van der Waals surface area contributed by atoms with Crippen LogP contribution >= 0.6 is 24.0 Å². The van der Waals surface area contributed by atoms with E-state index in [1.54, 1.807) is 12.1 Å². The number of hydrogen-bond acceptors (Lipinski definition) is 6. The number of amides is 1. The van der Waals surface area contributed by atoms with Crippen LogP contribution in [0.1, 0.15) is 5.56 Å². The van der Waals surface area contributed by atoms with Crippen molar-refractivity contribution in [3.8, 4) is 11.5 Å². The summed E-state index contributed by atoms with van der Waals surface area (Å²) in [4.78, 5) is 24.1. The zero-order chi connectivity index (χ0) is 15.6. The Balaban J connectivity index is 2.32. The van der Waals surface area contributed by atoms with Gasteiger partial charge >= 0.3 is 5.97 Å². The van der Waals surface area contributed by atoms with Crippen LogP contribution in [0.2, 0.25) is 0 Å². The molecule has 1 amide bonds. The van der Waals surface area contributed by atoms with Gasteiger partial charge in [0.25, 0.3) is 5.91 Å². The van der Waals surface area contributed by atoms with E-state index in [1.807, 2.05) is 0 Å². The number of methoxy groups -OCH3 is 1.